The Morgan fingerprint density at radius 1 is 0.191 bits per heavy atom. The topological polar surface area (TPSA) is 25.8 Å². The van der Waals surface area contributed by atoms with E-state index in [2.05, 4.69) is 255 Å². The third-order valence-electron chi connectivity index (χ3n) is 13.6. The Kier molecular flexibility index (Phi) is 9.54. The second-order valence-corrected chi connectivity index (χ2v) is 17.7. The molecule has 0 aliphatic carbocycles. The molecule has 12 aromatic carbocycles. The molecule has 1 heterocycles. The molecule has 0 fully saturated rings. The van der Waals surface area contributed by atoms with Gasteiger partial charge in [-0.2, -0.15) is 0 Å². The Hall–Kier alpha value is -8.98. The zero-order chi connectivity index (χ0) is 45.0. The molecule has 0 radical (unpaired) electrons. The lowest BCUT2D eigenvalue weighted by Crippen LogP contribution is -1.97. The van der Waals surface area contributed by atoms with E-state index >= 15 is 0 Å². The van der Waals surface area contributed by atoms with Crippen molar-refractivity contribution in [2.45, 2.75) is 0 Å². The Morgan fingerprint density at radius 2 is 0.574 bits per heavy atom. The fourth-order valence-electron chi connectivity index (χ4n) is 10.3. The summed E-state index contributed by atoms with van der Waals surface area (Å²) < 4.78 is 0. The van der Waals surface area contributed by atoms with E-state index in [-0.39, 0.29) is 0 Å². The molecule has 0 aliphatic rings. The molecule has 0 saturated carbocycles. The first kappa shape index (κ1) is 39.4. The van der Waals surface area contributed by atoms with Gasteiger partial charge in [-0.1, -0.05) is 218 Å². The van der Waals surface area contributed by atoms with Crippen LogP contribution in [-0.2, 0) is 0 Å². The normalized spacial score (nSPS) is 11.5. The van der Waals surface area contributed by atoms with Gasteiger partial charge in [-0.05, 0) is 135 Å². The highest BCUT2D eigenvalue weighted by Crippen LogP contribution is 2.42. The first-order valence-corrected chi connectivity index (χ1v) is 23.3. The van der Waals surface area contributed by atoms with E-state index in [1.165, 1.54) is 70.6 Å². The van der Waals surface area contributed by atoms with Crippen LogP contribution in [0.25, 0.3) is 132 Å². The molecule has 0 bridgehead atoms. The van der Waals surface area contributed by atoms with E-state index in [0.717, 1.165) is 55.9 Å². The molecule has 0 amide bonds. The van der Waals surface area contributed by atoms with Crippen molar-refractivity contribution in [1.29, 1.82) is 0 Å². The number of rotatable bonds is 7. The molecule has 13 rings (SSSR count). The van der Waals surface area contributed by atoms with Gasteiger partial charge in [0.2, 0.25) is 0 Å². The minimum Gasteiger partial charge on any atom is -0.228 e. The zero-order valence-corrected chi connectivity index (χ0v) is 37.1. The molecule has 0 unspecified atom stereocenters. The molecule has 0 aliphatic heterocycles. The maximum Gasteiger partial charge on any atom is 0.160 e. The van der Waals surface area contributed by atoms with Crippen LogP contribution >= 0.6 is 0 Å². The highest BCUT2D eigenvalue weighted by molar-refractivity contribution is 6.26. The van der Waals surface area contributed by atoms with E-state index in [0.29, 0.717) is 5.82 Å². The van der Waals surface area contributed by atoms with Crippen molar-refractivity contribution in [3.8, 4) is 78.4 Å². The van der Waals surface area contributed by atoms with Crippen molar-refractivity contribution in [3.63, 3.8) is 0 Å². The van der Waals surface area contributed by atoms with E-state index < -0.39 is 0 Å². The van der Waals surface area contributed by atoms with Crippen LogP contribution in [0, 0.1) is 0 Å². The van der Waals surface area contributed by atoms with Gasteiger partial charge in [0.1, 0.15) is 0 Å². The molecule has 0 atom stereocenters. The number of aromatic nitrogens is 2. The minimum absolute atomic E-state index is 0.669. The minimum atomic E-state index is 0.669. The van der Waals surface area contributed by atoms with Gasteiger partial charge in [-0.3, -0.25) is 0 Å². The number of fused-ring (bicyclic) bond motifs is 9. The number of hydrogen-bond donors (Lipinski definition) is 0. The van der Waals surface area contributed by atoms with Gasteiger partial charge in [0, 0.05) is 16.7 Å². The molecule has 13 aromatic rings. The molecule has 2 heteroatoms. The van der Waals surface area contributed by atoms with Gasteiger partial charge in [0.25, 0.3) is 0 Å². The summed E-state index contributed by atoms with van der Waals surface area (Å²) in [6, 6.07) is 92.1. The summed E-state index contributed by atoms with van der Waals surface area (Å²) in [7, 11) is 0. The molecular formula is C66H42N2. The molecule has 68 heavy (non-hydrogen) atoms. The van der Waals surface area contributed by atoms with Crippen molar-refractivity contribution < 1.29 is 0 Å². The molecule has 2 nitrogen and oxygen atoms in total. The summed E-state index contributed by atoms with van der Waals surface area (Å²) in [5.41, 5.74) is 13.9. The van der Waals surface area contributed by atoms with Crippen LogP contribution < -0.4 is 0 Å². The van der Waals surface area contributed by atoms with E-state index in [1.807, 2.05) is 0 Å². The van der Waals surface area contributed by atoms with Crippen molar-refractivity contribution in [2.75, 3.05) is 0 Å². The fraction of sp³-hybridized carbons (Fsp3) is 0. The van der Waals surface area contributed by atoms with Gasteiger partial charge in [0.15, 0.2) is 5.82 Å². The zero-order valence-electron chi connectivity index (χ0n) is 37.1. The molecule has 0 saturated heterocycles. The second kappa shape index (κ2) is 16.5. The highest BCUT2D eigenvalue weighted by atomic mass is 14.9. The van der Waals surface area contributed by atoms with E-state index in [9.17, 15) is 0 Å². The number of hydrogen-bond acceptors (Lipinski definition) is 2. The van der Waals surface area contributed by atoms with Gasteiger partial charge < -0.3 is 0 Å². The lowest BCUT2D eigenvalue weighted by atomic mass is 9.89. The lowest BCUT2D eigenvalue weighted by Gasteiger charge is -2.16. The van der Waals surface area contributed by atoms with Crippen LogP contribution in [0.4, 0.5) is 0 Å². The van der Waals surface area contributed by atoms with E-state index in [4.69, 9.17) is 9.97 Å². The third kappa shape index (κ3) is 6.99. The van der Waals surface area contributed by atoms with Crippen LogP contribution in [0.5, 0.6) is 0 Å². The quantitative estimate of drug-likeness (QED) is 0.149. The first-order valence-electron chi connectivity index (χ1n) is 23.3. The average molecular weight is 863 g/mol. The summed E-state index contributed by atoms with van der Waals surface area (Å²) in [4.78, 5) is 10.9. The van der Waals surface area contributed by atoms with Gasteiger partial charge in [-0.15, -0.1) is 0 Å². The Morgan fingerprint density at radius 3 is 1.13 bits per heavy atom. The summed E-state index contributed by atoms with van der Waals surface area (Å²) in [5.74, 6) is 0.669. The summed E-state index contributed by atoms with van der Waals surface area (Å²) in [6.07, 6.45) is 0. The molecular weight excluding hydrogens is 821 g/mol. The van der Waals surface area contributed by atoms with Crippen LogP contribution in [0.2, 0.25) is 0 Å². The summed E-state index contributed by atoms with van der Waals surface area (Å²) in [6.45, 7) is 0. The van der Waals surface area contributed by atoms with Crippen molar-refractivity contribution in [1.82, 2.24) is 9.97 Å². The first-order chi connectivity index (χ1) is 33.7. The van der Waals surface area contributed by atoms with Crippen LogP contribution in [0.1, 0.15) is 0 Å². The Bertz CT molecular complexity index is 3910. The number of benzene rings is 12. The van der Waals surface area contributed by atoms with Crippen molar-refractivity contribution >= 4 is 53.9 Å². The average Bonchev–Trinajstić information content (AvgIpc) is 3.43. The Labute approximate surface area is 395 Å². The van der Waals surface area contributed by atoms with Crippen LogP contribution in [0.3, 0.4) is 0 Å². The molecule has 1 aromatic heterocycles. The maximum atomic E-state index is 5.46. The predicted octanol–water partition coefficient (Wildman–Crippen LogP) is 17.9. The highest BCUT2D eigenvalue weighted by Gasteiger charge is 2.18. The van der Waals surface area contributed by atoms with Gasteiger partial charge in [-0.25, -0.2) is 9.97 Å². The van der Waals surface area contributed by atoms with Gasteiger partial charge in [0.05, 0.1) is 11.4 Å². The van der Waals surface area contributed by atoms with E-state index in [1.54, 1.807) is 0 Å². The largest absolute Gasteiger partial charge is 0.228 e. The second-order valence-electron chi connectivity index (χ2n) is 17.7. The lowest BCUT2D eigenvalue weighted by molar-refractivity contribution is 1.18. The summed E-state index contributed by atoms with van der Waals surface area (Å²) in [5, 5.41) is 12.4. The molecule has 0 N–H and O–H groups in total. The summed E-state index contributed by atoms with van der Waals surface area (Å²) >= 11 is 0. The SMILES string of the molecule is c1ccc(-c2ccc(-c3cc(-c4ccc(-c5ccccc5)cc4)nc(-c4cc(-c5ccc6c7ccccc7c7ccccc7c6c5)cc(-c5cc6ccccc6c6ccccc56)c4)n3)cc2)cc1. The molecule has 316 valence electrons. The van der Waals surface area contributed by atoms with Gasteiger partial charge >= 0.3 is 0 Å². The van der Waals surface area contributed by atoms with Crippen molar-refractivity contribution in [3.05, 3.63) is 255 Å². The monoisotopic (exact) mass is 862 g/mol. The fourth-order valence-corrected chi connectivity index (χ4v) is 10.3. The predicted molar refractivity (Wildman–Crippen MR) is 288 cm³/mol. The maximum absolute atomic E-state index is 5.46. The standard InChI is InChI=1S/C66H42N2/c1-3-15-43(16-4-1)45-27-31-47(32-28-45)64-42-65(48-33-29-46(30-34-48)44-17-5-2-6-18-44)68-66(67-64)53-38-51(37-52(39-53)62-41-50-19-7-8-20-54(50)55-21-9-13-25-59(55)62)49-35-36-61-58-24-11-10-22-56(58)57-23-12-14-26-60(57)63(61)40-49/h1-42H. The molecule has 0 spiro atoms. The Balaban J connectivity index is 1.05. The van der Waals surface area contributed by atoms with Crippen LogP contribution in [0.15, 0.2) is 255 Å². The smallest absolute Gasteiger partial charge is 0.160 e. The third-order valence-corrected chi connectivity index (χ3v) is 13.6. The van der Waals surface area contributed by atoms with Crippen LogP contribution in [-0.4, -0.2) is 9.97 Å². The number of nitrogens with zero attached hydrogens (tertiary/aromatic N) is 2. The van der Waals surface area contributed by atoms with Crippen molar-refractivity contribution in [2.24, 2.45) is 0 Å².